The Morgan fingerprint density at radius 1 is 1.58 bits per heavy atom. The summed E-state index contributed by atoms with van der Waals surface area (Å²) in [6.45, 7) is 4.24. The lowest BCUT2D eigenvalue weighted by Gasteiger charge is -2.13. The van der Waals surface area contributed by atoms with Gasteiger partial charge in [0.15, 0.2) is 0 Å². The van der Waals surface area contributed by atoms with Crippen molar-refractivity contribution in [1.29, 1.82) is 0 Å². The molecule has 0 spiro atoms. The van der Waals surface area contributed by atoms with Crippen LogP contribution in [0.5, 0.6) is 0 Å². The maximum atomic E-state index is 11.1. The average Bonchev–Trinajstić information content (AvgIpc) is 2.02. The summed E-state index contributed by atoms with van der Waals surface area (Å²) in [6, 6.07) is 0. The molecular weight excluding hydrogens is 174 g/mol. The van der Waals surface area contributed by atoms with Crippen LogP contribution in [0.2, 0.25) is 0 Å². The SMILES string of the molecule is CON(C)C(=O)CCSC(C)C. The maximum absolute atomic E-state index is 11.1. The summed E-state index contributed by atoms with van der Waals surface area (Å²) in [6.07, 6.45) is 0.549. The molecular formula is C8H17NO2S. The summed E-state index contributed by atoms with van der Waals surface area (Å²) < 4.78 is 0. The second kappa shape index (κ2) is 6.31. The van der Waals surface area contributed by atoms with E-state index in [0.29, 0.717) is 11.7 Å². The van der Waals surface area contributed by atoms with E-state index < -0.39 is 0 Å². The van der Waals surface area contributed by atoms with Crippen molar-refractivity contribution in [3.05, 3.63) is 0 Å². The molecule has 0 N–H and O–H groups in total. The molecule has 0 unspecified atom stereocenters. The minimum Gasteiger partial charge on any atom is -0.275 e. The van der Waals surface area contributed by atoms with E-state index in [-0.39, 0.29) is 5.91 Å². The van der Waals surface area contributed by atoms with Gasteiger partial charge in [-0.15, -0.1) is 0 Å². The topological polar surface area (TPSA) is 29.5 Å². The highest BCUT2D eigenvalue weighted by Gasteiger charge is 2.07. The molecule has 4 heteroatoms. The van der Waals surface area contributed by atoms with E-state index in [4.69, 9.17) is 4.84 Å². The first-order chi connectivity index (χ1) is 5.57. The summed E-state index contributed by atoms with van der Waals surface area (Å²) >= 11 is 1.78. The number of amides is 1. The molecule has 0 aromatic heterocycles. The number of rotatable bonds is 5. The number of carbonyl (C=O) groups excluding carboxylic acids is 1. The van der Waals surface area contributed by atoms with E-state index in [0.717, 1.165) is 5.75 Å². The third kappa shape index (κ3) is 5.43. The third-order valence-corrected chi connectivity index (χ3v) is 2.50. The second-order valence-corrected chi connectivity index (χ2v) is 4.43. The highest BCUT2D eigenvalue weighted by atomic mass is 32.2. The largest absolute Gasteiger partial charge is 0.275 e. The molecule has 0 aliphatic heterocycles. The Labute approximate surface area is 78.4 Å². The lowest BCUT2D eigenvalue weighted by Crippen LogP contribution is -2.25. The Hall–Kier alpha value is -0.220. The summed E-state index contributed by atoms with van der Waals surface area (Å²) in [5.74, 6) is 0.898. The minimum atomic E-state index is 0.0330. The van der Waals surface area contributed by atoms with Crippen molar-refractivity contribution in [3.63, 3.8) is 0 Å². The van der Waals surface area contributed by atoms with Gasteiger partial charge in [-0.1, -0.05) is 13.8 Å². The molecule has 0 rings (SSSR count). The maximum Gasteiger partial charge on any atom is 0.246 e. The monoisotopic (exact) mass is 191 g/mol. The first-order valence-corrected chi connectivity index (χ1v) is 5.05. The van der Waals surface area contributed by atoms with E-state index in [1.54, 1.807) is 18.8 Å². The van der Waals surface area contributed by atoms with Crippen LogP contribution in [0.25, 0.3) is 0 Å². The van der Waals surface area contributed by atoms with Crippen molar-refractivity contribution in [2.75, 3.05) is 19.9 Å². The van der Waals surface area contributed by atoms with E-state index in [9.17, 15) is 4.79 Å². The summed E-state index contributed by atoms with van der Waals surface area (Å²) in [4.78, 5) is 15.9. The fourth-order valence-corrected chi connectivity index (χ4v) is 1.41. The Balaban J connectivity index is 3.44. The highest BCUT2D eigenvalue weighted by Crippen LogP contribution is 2.10. The van der Waals surface area contributed by atoms with Crippen LogP contribution >= 0.6 is 11.8 Å². The molecule has 0 aromatic carbocycles. The molecule has 12 heavy (non-hydrogen) atoms. The van der Waals surface area contributed by atoms with E-state index >= 15 is 0 Å². The molecule has 1 amide bonds. The molecule has 0 heterocycles. The Bertz CT molecular complexity index is 139. The van der Waals surface area contributed by atoms with Crippen LogP contribution in [0.1, 0.15) is 20.3 Å². The Morgan fingerprint density at radius 2 is 2.17 bits per heavy atom. The van der Waals surface area contributed by atoms with Gasteiger partial charge in [0.25, 0.3) is 0 Å². The van der Waals surface area contributed by atoms with Gasteiger partial charge in [0.05, 0.1) is 7.11 Å². The molecule has 0 fully saturated rings. The van der Waals surface area contributed by atoms with Gasteiger partial charge in [0, 0.05) is 19.2 Å². The molecule has 0 aliphatic rings. The Morgan fingerprint density at radius 3 is 2.58 bits per heavy atom. The van der Waals surface area contributed by atoms with Gasteiger partial charge >= 0.3 is 0 Å². The minimum absolute atomic E-state index is 0.0330. The van der Waals surface area contributed by atoms with Gasteiger partial charge in [0.2, 0.25) is 5.91 Å². The smallest absolute Gasteiger partial charge is 0.246 e. The van der Waals surface area contributed by atoms with Crippen LogP contribution in [0, 0.1) is 0 Å². The second-order valence-electron chi connectivity index (χ2n) is 2.74. The molecule has 0 saturated heterocycles. The number of hydrogen-bond donors (Lipinski definition) is 0. The number of thioether (sulfide) groups is 1. The van der Waals surface area contributed by atoms with Gasteiger partial charge < -0.3 is 0 Å². The molecule has 3 nitrogen and oxygen atoms in total. The standard InChI is InChI=1S/C8H17NO2S/c1-7(2)12-6-5-8(10)9(3)11-4/h7H,5-6H2,1-4H3. The zero-order chi connectivity index (χ0) is 9.56. The first kappa shape index (κ1) is 11.8. The van der Waals surface area contributed by atoms with Gasteiger partial charge in [-0.25, -0.2) is 5.06 Å². The van der Waals surface area contributed by atoms with E-state index in [2.05, 4.69) is 13.8 Å². The molecule has 0 aromatic rings. The number of nitrogens with zero attached hydrogens (tertiary/aromatic N) is 1. The lowest BCUT2D eigenvalue weighted by atomic mass is 10.4. The van der Waals surface area contributed by atoms with Crippen LogP contribution < -0.4 is 0 Å². The van der Waals surface area contributed by atoms with Crippen LogP contribution in [0.15, 0.2) is 0 Å². The highest BCUT2D eigenvalue weighted by molar-refractivity contribution is 7.99. The van der Waals surface area contributed by atoms with Crippen molar-refractivity contribution in [2.24, 2.45) is 0 Å². The fraction of sp³-hybridized carbons (Fsp3) is 0.875. The van der Waals surface area contributed by atoms with Crippen LogP contribution in [0.4, 0.5) is 0 Å². The fourth-order valence-electron chi connectivity index (χ4n) is 0.641. The zero-order valence-electron chi connectivity index (χ0n) is 8.16. The average molecular weight is 191 g/mol. The summed E-state index contributed by atoms with van der Waals surface area (Å²) in [5, 5.41) is 1.85. The molecule has 0 saturated carbocycles. The first-order valence-electron chi connectivity index (χ1n) is 4.00. The lowest BCUT2D eigenvalue weighted by molar-refractivity contribution is -0.168. The molecule has 0 aliphatic carbocycles. The Kier molecular flexibility index (Phi) is 6.20. The van der Waals surface area contributed by atoms with Crippen molar-refractivity contribution in [1.82, 2.24) is 5.06 Å². The van der Waals surface area contributed by atoms with Crippen LogP contribution in [-0.4, -0.2) is 36.1 Å². The molecule has 0 atom stereocenters. The quantitative estimate of drug-likeness (QED) is 0.617. The van der Waals surface area contributed by atoms with Crippen LogP contribution in [0.3, 0.4) is 0 Å². The number of hydroxylamine groups is 2. The van der Waals surface area contributed by atoms with Crippen molar-refractivity contribution >= 4 is 17.7 Å². The van der Waals surface area contributed by atoms with Gasteiger partial charge in [0.1, 0.15) is 0 Å². The van der Waals surface area contributed by atoms with Crippen molar-refractivity contribution < 1.29 is 9.63 Å². The zero-order valence-corrected chi connectivity index (χ0v) is 8.98. The predicted molar refractivity (Wildman–Crippen MR) is 52.0 cm³/mol. The van der Waals surface area contributed by atoms with Gasteiger partial charge in [-0.2, -0.15) is 11.8 Å². The normalized spacial score (nSPS) is 10.4. The third-order valence-electron chi connectivity index (χ3n) is 1.39. The van der Waals surface area contributed by atoms with Gasteiger partial charge in [-0.05, 0) is 5.25 Å². The molecule has 0 bridgehead atoms. The van der Waals surface area contributed by atoms with Gasteiger partial charge in [-0.3, -0.25) is 9.63 Å². The van der Waals surface area contributed by atoms with E-state index in [1.807, 2.05) is 0 Å². The van der Waals surface area contributed by atoms with Crippen LogP contribution in [-0.2, 0) is 9.63 Å². The molecule has 0 radical (unpaired) electrons. The van der Waals surface area contributed by atoms with Crippen molar-refractivity contribution in [2.45, 2.75) is 25.5 Å². The summed E-state index contributed by atoms with van der Waals surface area (Å²) in [7, 11) is 3.12. The molecule has 72 valence electrons. The van der Waals surface area contributed by atoms with E-state index in [1.165, 1.54) is 12.2 Å². The van der Waals surface area contributed by atoms with Crippen molar-refractivity contribution in [3.8, 4) is 0 Å². The predicted octanol–water partition coefficient (Wildman–Crippen LogP) is 1.54. The number of hydrogen-bond acceptors (Lipinski definition) is 3. The number of carbonyl (C=O) groups is 1. The summed E-state index contributed by atoms with van der Waals surface area (Å²) in [5.41, 5.74) is 0.